The zero-order chi connectivity index (χ0) is 19.7. The van der Waals surface area contributed by atoms with Gasteiger partial charge in [0.05, 0.1) is 20.8 Å². The van der Waals surface area contributed by atoms with E-state index in [1.54, 1.807) is 20.3 Å². The highest BCUT2D eigenvalue weighted by molar-refractivity contribution is 5.55. The van der Waals surface area contributed by atoms with Crippen molar-refractivity contribution >= 4 is 0 Å². The van der Waals surface area contributed by atoms with Crippen LogP contribution in [-0.4, -0.2) is 25.9 Å². The lowest BCUT2D eigenvalue weighted by molar-refractivity contribution is 0.245. The van der Waals surface area contributed by atoms with Crippen LogP contribution in [0.4, 0.5) is 0 Å². The Hall–Kier alpha value is -3.14. The summed E-state index contributed by atoms with van der Waals surface area (Å²) in [7, 11) is 3.35. The van der Waals surface area contributed by atoms with Crippen LogP contribution in [0.2, 0.25) is 0 Å². The zero-order valence-electron chi connectivity index (χ0n) is 16.3. The molecule has 0 aliphatic carbocycles. The first-order chi connectivity index (χ1) is 13.6. The van der Waals surface area contributed by atoms with Crippen molar-refractivity contribution in [1.29, 1.82) is 0 Å². The van der Waals surface area contributed by atoms with Crippen LogP contribution in [-0.2, 0) is 0 Å². The predicted octanol–water partition coefficient (Wildman–Crippen LogP) is 5.03. The maximum atomic E-state index is 10.1. The van der Waals surface area contributed by atoms with Crippen molar-refractivity contribution in [2.75, 3.05) is 20.8 Å². The molecule has 1 heterocycles. The highest BCUT2D eigenvalue weighted by Crippen LogP contribution is 2.49. The van der Waals surface area contributed by atoms with Crippen LogP contribution >= 0.6 is 0 Å². The molecule has 1 aliphatic rings. The first kappa shape index (κ1) is 18.2. The first-order valence-corrected chi connectivity index (χ1v) is 9.35. The molecule has 4 rings (SSSR count). The van der Waals surface area contributed by atoms with E-state index in [2.05, 4.69) is 24.3 Å². The molecule has 0 saturated heterocycles. The van der Waals surface area contributed by atoms with Gasteiger partial charge < -0.3 is 19.3 Å². The van der Waals surface area contributed by atoms with E-state index in [1.807, 2.05) is 37.3 Å². The van der Waals surface area contributed by atoms with Crippen molar-refractivity contribution in [2.24, 2.45) is 0 Å². The molecule has 144 valence electrons. The fourth-order valence-corrected chi connectivity index (χ4v) is 4.01. The quantitative estimate of drug-likeness (QED) is 0.694. The van der Waals surface area contributed by atoms with Crippen LogP contribution in [0.3, 0.4) is 0 Å². The van der Waals surface area contributed by atoms with E-state index in [4.69, 9.17) is 14.2 Å². The van der Waals surface area contributed by atoms with Gasteiger partial charge in [-0.2, -0.15) is 0 Å². The number of benzene rings is 3. The maximum absolute atomic E-state index is 10.1. The van der Waals surface area contributed by atoms with Crippen molar-refractivity contribution in [3.63, 3.8) is 0 Å². The summed E-state index contributed by atoms with van der Waals surface area (Å²) in [6.45, 7) is 2.42. The van der Waals surface area contributed by atoms with E-state index in [-0.39, 0.29) is 17.6 Å². The highest BCUT2D eigenvalue weighted by atomic mass is 16.5. The van der Waals surface area contributed by atoms with Gasteiger partial charge in [-0.25, -0.2) is 0 Å². The van der Waals surface area contributed by atoms with E-state index in [1.165, 1.54) is 5.56 Å². The normalized spacial score (nSPS) is 18.1. The number of aromatic hydroxyl groups is 1. The monoisotopic (exact) mass is 376 g/mol. The Morgan fingerprint density at radius 3 is 2.36 bits per heavy atom. The van der Waals surface area contributed by atoms with Gasteiger partial charge in [0.1, 0.15) is 23.0 Å². The summed E-state index contributed by atoms with van der Waals surface area (Å²) >= 11 is 0. The Morgan fingerprint density at radius 2 is 1.64 bits per heavy atom. The van der Waals surface area contributed by atoms with Gasteiger partial charge in [-0.05, 0) is 48.4 Å². The Bertz CT molecular complexity index is 978. The van der Waals surface area contributed by atoms with Gasteiger partial charge in [0, 0.05) is 23.0 Å². The molecule has 28 heavy (non-hydrogen) atoms. The molecule has 4 nitrogen and oxygen atoms in total. The molecule has 0 saturated carbocycles. The van der Waals surface area contributed by atoms with Gasteiger partial charge in [-0.3, -0.25) is 0 Å². The Kier molecular flexibility index (Phi) is 4.86. The standard InChI is InChI=1S/C24H24O4/c1-15-22(25)12-11-20-23(16-7-9-18(26-2)10-8-16)21(14-28-24(15)20)17-5-4-6-19(13-17)27-3/h4-13,21,23,25H,14H2,1-3H3. The Balaban J connectivity index is 1.86. The van der Waals surface area contributed by atoms with Gasteiger partial charge in [-0.1, -0.05) is 30.3 Å². The van der Waals surface area contributed by atoms with Crippen LogP contribution in [0, 0.1) is 6.92 Å². The molecular weight excluding hydrogens is 352 g/mol. The smallest absolute Gasteiger partial charge is 0.129 e. The lowest BCUT2D eigenvalue weighted by Crippen LogP contribution is -2.25. The molecule has 0 spiro atoms. The lowest BCUT2D eigenvalue weighted by atomic mass is 9.75. The van der Waals surface area contributed by atoms with E-state index in [0.29, 0.717) is 6.61 Å². The third-order valence-electron chi connectivity index (χ3n) is 5.55. The van der Waals surface area contributed by atoms with E-state index in [9.17, 15) is 5.11 Å². The van der Waals surface area contributed by atoms with Crippen molar-refractivity contribution in [2.45, 2.75) is 18.8 Å². The highest BCUT2D eigenvalue weighted by Gasteiger charge is 2.35. The summed E-state index contributed by atoms with van der Waals surface area (Å²) < 4.78 is 16.9. The maximum Gasteiger partial charge on any atom is 0.129 e. The molecule has 4 heteroatoms. The molecule has 3 aromatic carbocycles. The molecule has 2 atom stereocenters. The van der Waals surface area contributed by atoms with Gasteiger partial charge in [0.25, 0.3) is 0 Å². The first-order valence-electron chi connectivity index (χ1n) is 9.35. The summed E-state index contributed by atoms with van der Waals surface area (Å²) in [5.74, 6) is 2.92. The van der Waals surface area contributed by atoms with Crippen molar-refractivity contribution in [1.82, 2.24) is 0 Å². The summed E-state index contributed by atoms with van der Waals surface area (Å²) in [6.07, 6.45) is 0. The fourth-order valence-electron chi connectivity index (χ4n) is 4.01. The van der Waals surface area contributed by atoms with Crippen LogP contribution in [0.15, 0.2) is 60.7 Å². The molecular formula is C24H24O4. The molecule has 1 N–H and O–H groups in total. The number of ether oxygens (including phenoxy) is 3. The topological polar surface area (TPSA) is 47.9 Å². The molecule has 0 fully saturated rings. The molecule has 2 unspecified atom stereocenters. The molecule has 1 aliphatic heterocycles. The summed E-state index contributed by atoms with van der Waals surface area (Å²) in [4.78, 5) is 0. The summed E-state index contributed by atoms with van der Waals surface area (Å²) in [6, 6.07) is 20.1. The van der Waals surface area contributed by atoms with Crippen LogP contribution in [0.5, 0.6) is 23.0 Å². The van der Waals surface area contributed by atoms with Gasteiger partial charge in [-0.15, -0.1) is 0 Å². The third-order valence-corrected chi connectivity index (χ3v) is 5.55. The number of rotatable bonds is 4. The predicted molar refractivity (Wildman–Crippen MR) is 109 cm³/mol. The number of phenolic OH excluding ortho intramolecular Hbond substituents is 1. The SMILES string of the molecule is COc1ccc(C2c3ccc(O)c(C)c3OCC2c2cccc(OC)c2)cc1. The molecule has 0 amide bonds. The van der Waals surface area contributed by atoms with Gasteiger partial charge in [0.2, 0.25) is 0 Å². The van der Waals surface area contributed by atoms with Crippen LogP contribution in [0.25, 0.3) is 0 Å². The minimum absolute atomic E-state index is 0.0982. The summed E-state index contributed by atoms with van der Waals surface area (Å²) in [5, 5.41) is 10.1. The average molecular weight is 376 g/mol. The fraction of sp³-hybridized carbons (Fsp3) is 0.250. The lowest BCUT2D eigenvalue weighted by Gasteiger charge is -2.35. The second-order valence-corrected chi connectivity index (χ2v) is 7.07. The number of phenols is 1. The Morgan fingerprint density at radius 1 is 0.893 bits per heavy atom. The van der Waals surface area contributed by atoms with Gasteiger partial charge >= 0.3 is 0 Å². The second kappa shape index (κ2) is 7.47. The average Bonchev–Trinajstić information content (AvgIpc) is 2.75. The zero-order valence-corrected chi connectivity index (χ0v) is 16.3. The van der Waals surface area contributed by atoms with Crippen LogP contribution in [0.1, 0.15) is 34.1 Å². The van der Waals surface area contributed by atoms with Crippen molar-refractivity contribution in [3.05, 3.63) is 82.9 Å². The minimum Gasteiger partial charge on any atom is -0.508 e. The number of fused-ring (bicyclic) bond motifs is 1. The van der Waals surface area contributed by atoms with Crippen molar-refractivity contribution in [3.8, 4) is 23.0 Å². The number of hydrogen-bond acceptors (Lipinski definition) is 4. The largest absolute Gasteiger partial charge is 0.508 e. The van der Waals surface area contributed by atoms with E-state index < -0.39 is 0 Å². The molecule has 3 aromatic rings. The summed E-state index contributed by atoms with van der Waals surface area (Å²) in [5.41, 5.74) is 4.21. The molecule has 0 bridgehead atoms. The molecule has 0 aromatic heterocycles. The third kappa shape index (κ3) is 3.15. The number of methoxy groups -OCH3 is 2. The van der Waals surface area contributed by atoms with E-state index >= 15 is 0 Å². The minimum atomic E-state index is 0.0982. The van der Waals surface area contributed by atoms with Gasteiger partial charge in [0.15, 0.2) is 0 Å². The Labute approximate surface area is 165 Å². The molecule has 0 radical (unpaired) electrons. The second-order valence-electron chi connectivity index (χ2n) is 7.07. The van der Waals surface area contributed by atoms with Crippen molar-refractivity contribution < 1.29 is 19.3 Å². The number of hydrogen-bond donors (Lipinski definition) is 1. The van der Waals surface area contributed by atoms with Crippen LogP contribution < -0.4 is 14.2 Å². The van der Waals surface area contributed by atoms with E-state index in [0.717, 1.165) is 33.9 Å².